The van der Waals surface area contributed by atoms with Gasteiger partial charge in [0, 0.05) is 24.1 Å². The van der Waals surface area contributed by atoms with Gasteiger partial charge < -0.3 is 15.0 Å². The van der Waals surface area contributed by atoms with Gasteiger partial charge in [0.25, 0.3) is 0 Å². The quantitative estimate of drug-likeness (QED) is 0.758. The molecule has 1 saturated heterocycles. The minimum atomic E-state index is -0.709. The van der Waals surface area contributed by atoms with Gasteiger partial charge in [0.05, 0.1) is 12.5 Å². The Bertz CT molecular complexity index is 1050. The fourth-order valence-electron chi connectivity index (χ4n) is 4.92. The summed E-state index contributed by atoms with van der Waals surface area (Å²) in [5.41, 5.74) is 2.67. The highest BCUT2D eigenvalue weighted by molar-refractivity contribution is 5.85. The summed E-state index contributed by atoms with van der Waals surface area (Å²) >= 11 is 0. The van der Waals surface area contributed by atoms with Gasteiger partial charge in [0.2, 0.25) is 5.91 Å². The van der Waals surface area contributed by atoms with Crippen molar-refractivity contribution < 1.29 is 14.3 Å². The van der Waals surface area contributed by atoms with Crippen molar-refractivity contribution in [1.82, 2.24) is 5.32 Å². The Morgan fingerprint density at radius 2 is 1.81 bits per heavy atom. The van der Waals surface area contributed by atoms with E-state index < -0.39 is 11.1 Å². The number of benzene rings is 2. The van der Waals surface area contributed by atoms with E-state index in [2.05, 4.69) is 54.4 Å². The van der Waals surface area contributed by atoms with Crippen LogP contribution in [0.5, 0.6) is 0 Å². The molecular formula is C26H30N2O3. The Labute approximate surface area is 184 Å². The number of ether oxygens (including phenoxy) is 1. The maximum Gasteiger partial charge on any atom is 0.315 e. The van der Waals surface area contributed by atoms with Crippen molar-refractivity contribution in [2.45, 2.75) is 50.6 Å². The van der Waals surface area contributed by atoms with Crippen molar-refractivity contribution in [3.8, 4) is 0 Å². The first kappa shape index (κ1) is 21.2. The molecule has 31 heavy (non-hydrogen) atoms. The van der Waals surface area contributed by atoms with Crippen LogP contribution in [0.1, 0.15) is 50.8 Å². The maximum atomic E-state index is 12.5. The molecule has 162 valence electrons. The van der Waals surface area contributed by atoms with Gasteiger partial charge in [0.15, 0.2) is 0 Å². The first-order chi connectivity index (χ1) is 14.6. The molecule has 4 rings (SSSR count). The molecule has 1 N–H and O–H groups in total. The van der Waals surface area contributed by atoms with Crippen LogP contribution in [-0.4, -0.2) is 31.2 Å². The smallest absolute Gasteiger partial charge is 0.315 e. The number of esters is 1. The van der Waals surface area contributed by atoms with E-state index in [-0.39, 0.29) is 17.3 Å². The lowest BCUT2D eigenvalue weighted by Gasteiger charge is -2.49. The zero-order valence-electron chi connectivity index (χ0n) is 18.9. The highest BCUT2D eigenvalue weighted by Crippen LogP contribution is 2.52. The molecule has 0 bridgehead atoms. The van der Waals surface area contributed by atoms with E-state index in [1.807, 2.05) is 44.2 Å². The second-order valence-corrected chi connectivity index (χ2v) is 9.43. The Morgan fingerprint density at radius 3 is 2.48 bits per heavy atom. The van der Waals surface area contributed by atoms with Crippen molar-refractivity contribution in [2.75, 3.05) is 18.6 Å². The van der Waals surface area contributed by atoms with Gasteiger partial charge in [-0.3, -0.25) is 9.59 Å². The lowest BCUT2D eigenvalue weighted by atomic mass is 9.74. The van der Waals surface area contributed by atoms with Crippen LogP contribution < -0.4 is 10.2 Å². The number of hydrogen-bond acceptors (Lipinski definition) is 4. The summed E-state index contributed by atoms with van der Waals surface area (Å²) < 4.78 is 4.94. The molecule has 0 radical (unpaired) electrons. The van der Waals surface area contributed by atoms with E-state index in [1.54, 1.807) is 0 Å². The van der Waals surface area contributed by atoms with Crippen LogP contribution >= 0.6 is 0 Å². The van der Waals surface area contributed by atoms with Crippen molar-refractivity contribution in [3.05, 3.63) is 71.3 Å². The number of nitrogens with zero attached hydrogens (tertiary/aromatic N) is 1. The fraction of sp³-hybridized carbons (Fsp3) is 0.385. The lowest BCUT2D eigenvalue weighted by Crippen LogP contribution is -2.68. The topological polar surface area (TPSA) is 58.6 Å². The van der Waals surface area contributed by atoms with E-state index in [0.29, 0.717) is 13.0 Å². The predicted octanol–water partition coefficient (Wildman–Crippen LogP) is 4.16. The number of anilines is 1. The number of amides is 1. The van der Waals surface area contributed by atoms with Crippen molar-refractivity contribution >= 4 is 23.6 Å². The first-order valence-electron chi connectivity index (χ1n) is 10.7. The van der Waals surface area contributed by atoms with Gasteiger partial charge >= 0.3 is 5.97 Å². The summed E-state index contributed by atoms with van der Waals surface area (Å²) in [6.07, 6.45) is 4.66. The summed E-state index contributed by atoms with van der Waals surface area (Å²) in [5.74, 6) is -0.197. The zero-order valence-corrected chi connectivity index (χ0v) is 18.9. The van der Waals surface area contributed by atoms with Gasteiger partial charge in [0.1, 0.15) is 5.66 Å². The highest BCUT2D eigenvalue weighted by atomic mass is 16.5. The van der Waals surface area contributed by atoms with Gasteiger partial charge in [-0.1, -0.05) is 62.4 Å². The second-order valence-electron chi connectivity index (χ2n) is 9.43. The van der Waals surface area contributed by atoms with Gasteiger partial charge in [-0.15, -0.1) is 0 Å². The van der Waals surface area contributed by atoms with Gasteiger partial charge in [-0.05, 0) is 42.7 Å². The molecule has 0 aromatic heterocycles. The van der Waals surface area contributed by atoms with E-state index in [1.165, 1.54) is 18.4 Å². The number of hydrogen-bond donors (Lipinski definition) is 1. The number of fused-ring (bicyclic) bond motifs is 3. The van der Waals surface area contributed by atoms with Crippen LogP contribution in [0.25, 0.3) is 6.08 Å². The third kappa shape index (κ3) is 3.14. The molecule has 5 nitrogen and oxygen atoms in total. The van der Waals surface area contributed by atoms with Gasteiger partial charge in [-0.25, -0.2) is 0 Å². The molecule has 2 aromatic rings. The molecule has 2 aliphatic rings. The Kier molecular flexibility index (Phi) is 4.95. The van der Waals surface area contributed by atoms with E-state index in [0.717, 1.165) is 11.1 Å². The number of carbonyl (C=O) groups is 2. The number of nitrogens with one attached hydrogen (secondary N) is 1. The summed E-state index contributed by atoms with van der Waals surface area (Å²) in [6, 6.07) is 16.3. The summed E-state index contributed by atoms with van der Waals surface area (Å²) in [6.45, 7) is 8.77. The SMILES string of the molecule is COC(=O)C(C)(C)c1ccc(/C=C/[C@@]23NC(=O)CCN2c2ccccc2C3(C)C)cc1. The maximum absolute atomic E-state index is 12.5. The predicted molar refractivity (Wildman–Crippen MR) is 123 cm³/mol. The monoisotopic (exact) mass is 418 g/mol. The van der Waals surface area contributed by atoms with Crippen LogP contribution in [-0.2, 0) is 25.2 Å². The molecule has 0 saturated carbocycles. The van der Waals surface area contributed by atoms with Crippen LogP contribution in [0.2, 0.25) is 0 Å². The van der Waals surface area contributed by atoms with Crippen molar-refractivity contribution in [2.24, 2.45) is 0 Å². The molecule has 5 heteroatoms. The normalized spacial score (nSPS) is 22.1. The number of para-hydroxylation sites is 1. The average molecular weight is 419 g/mol. The number of rotatable bonds is 4. The van der Waals surface area contributed by atoms with E-state index >= 15 is 0 Å². The van der Waals surface area contributed by atoms with Crippen LogP contribution in [0.15, 0.2) is 54.6 Å². The minimum absolute atomic E-state index is 0.0666. The minimum Gasteiger partial charge on any atom is -0.468 e. The molecule has 0 spiro atoms. The highest BCUT2D eigenvalue weighted by Gasteiger charge is 2.57. The number of methoxy groups -OCH3 is 1. The molecular weight excluding hydrogens is 388 g/mol. The molecule has 1 fully saturated rings. The Morgan fingerprint density at radius 1 is 1.13 bits per heavy atom. The van der Waals surface area contributed by atoms with Crippen molar-refractivity contribution in [3.63, 3.8) is 0 Å². The first-order valence-corrected chi connectivity index (χ1v) is 10.7. The molecule has 2 aliphatic heterocycles. The molecule has 1 atom stereocenters. The summed E-state index contributed by atoms with van der Waals surface area (Å²) in [7, 11) is 1.41. The lowest BCUT2D eigenvalue weighted by molar-refractivity contribution is -0.146. The average Bonchev–Trinajstić information content (AvgIpc) is 2.96. The summed E-state index contributed by atoms with van der Waals surface area (Å²) in [5, 5.41) is 3.30. The number of carbonyl (C=O) groups excluding carboxylic acids is 2. The zero-order chi connectivity index (χ0) is 22.4. The molecule has 0 aliphatic carbocycles. The molecule has 2 aromatic carbocycles. The largest absolute Gasteiger partial charge is 0.468 e. The second kappa shape index (κ2) is 7.26. The van der Waals surface area contributed by atoms with Crippen molar-refractivity contribution in [1.29, 1.82) is 0 Å². The molecule has 0 unspecified atom stereocenters. The molecule has 1 amide bonds. The van der Waals surface area contributed by atoms with Crippen LogP contribution in [0, 0.1) is 0 Å². The Balaban J connectivity index is 1.70. The molecule has 2 heterocycles. The third-order valence-electron chi connectivity index (χ3n) is 6.98. The van der Waals surface area contributed by atoms with Crippen LogP contribution in [0.4, 0.5) is 5.69 Å². The van der Waals surface area contributed by atoms with E-state index in [9.17, 15) is 9.59 Å². The Hall–Kier alpha value is -3.08. The van der Waals surface area contributed by atoms with E-state index in [4.69, 9.17) is 4.74 Å². The third-order valence-corrected chi connectivity index (χ3v) is 6.98. The van der Waals surface area contributed by atoms with Gasteiger partial charge in [-0.2, -0.15) is 0 Å². The van der Waals surface area contributed by atoms with Crippen LogP contribution in [0.3, 0.4) is 0 Å². The fourth-order valence-corrected chi connectivity index (χ4v) is 4.92. The summed E-state index contributed by atoms with van der Waals surface area (Å²) in [4.78, 5) is 26.9. The standard InChI is InChI=1S/C26H30N2O3/c1-24(2,23(30)31-5)19-12-10-18(11-13-19)14-16-26-25(3,4)20-8-6-7-9-21(20)28(26)17-15-22(29)27-26/h6-14,16H,15,17H2,1-5H3,(H,27,29)/b16-14+/t26-/m1/s1.